The molecule has 1 aliphatic heterocycles. The molecular formula is C21H22O4. The van der Waals surface area contributed by atoms with Crippen molar-refractivity contribution in [2.24, 2.45) is 0 Å². The first kappa shape index (κ1) is 17.2. The zero-order valence-corrected chi connectivity index (χ0v) is 15.0. The van der Waals surface area contributed by atoms with Crippen molar-refractivity contribution in [2.75, 3.05) is 0 Å². The van der Waals surface area contributed by atoms with Gasteiger partial charge >= 0.3 is 5.97 Å². The normalized spacial score (nSPS) is 16.8. The van der Waals surface area contributed by atoms with Crippen LogP contribution in [0.15, 0.2) is 42.5 Å². The molecule has 1 atom stereocenters. The Kier molecular flexibility index (Phi) is 4.38. The molecule has 0 bridgehead atoms. The Hall–Kier alpha value is -2.62. The van der Waals surface area contributed by atoms with E-state index < -0.39 is 12.1 Å². The van der Waals surface area contributed by atoms with Gasteiger partial charge in [-0.2, -0.15) is 0 Å². The number of fused-ring (bicyclic) bond motifs is 1. The summed E-state index contributed by atoms with van der Waals surface area (Å²) in [6.45, 7) is 7.79. The Balaban J connectivity index is 1.90. The van der Waals surface area contributed by atoms with E-state index in [1.54, 1.807) is 18.2 Å². The highest BCUT2D eigenvalue weighted by Gasteiger charge is 2.31. The molecule has 2 aromatic rings. The molecule has 4 heteroatoms. The summed E-state index contributed by atoms with van der Waals surface area (Å²) in [5.74, 6) is 0.513. The van der Waals surface area contributed by atoms with Gasteiger partial charge in [-0.05, 0) is 28.7 Å². The molecule has 0 amide bonds. The topological polar surface area (TPSA) is 52.6 Å². The SMILES string of the molecule is CC(=O)Oc1cccc2c1CC(=O)C(c1ccc(C(C)(C)C)cc1)O2. The quantitative estimate of drug-likeness (QED) is 0.609. The van der Waals surface area contributed by atoms with E-state index in [1.165, 1.54) is 12.5 Å². The maximum atomic E-state index is 12.6. The minimum absolute atomic E-state index is 0.0457. The Morgan fingerprint density at radius 2 is 1.80 bits per heavy atom. The predicted molar refractivity (Wildman–Crippen MR) is 95.0 cm³/mol. The maximum Gasteiger partial charge on any atom is 0.308 e. The second kappa shape index (κ2) is 6.36. The zero-order valence-electron chi connectivity index (χ0n) is 15.0. The number of ether oxygens (including phenoxy) is 2. The Labute approximate surface area is 147 Å². The fourth-order valence-electron chi connectivity index (χ4n) is 2.95. The molecule has 0 N–H and O–H groups in total. The number of carbonyl (C=O) groups is 2. The minimum atomic E-state index is -0.630. The summed E-state index contributed by atoms with van der Waals surface area (Å²) in [7, 11) is 0. The lowest BCUT2D eigenvalue weighted by Gasteiger charge is -2.27. The summed E-state index contributed by atoms with van der Waals surface area (Å²) in [4.78, 5) is 23.8. The molecule has 0 fully saturated rings. The number of esters is 1. The molecule has 0 aliphatic carbocycles. The molecule has 0 spiro atoms. The number of benzene rings is 2. The average molecular weight is 338 g/mol. The molecule has 130 valence electrons. The first-order chi connectivity index (χ1) is 11.8. The third-order valence-corrected chi connectivity index (χ3v) is 4.31. The zero-order chi connectivity index (χ0) is 18.2. The smallest absolute Gasteiger partial charge is 0.308 e. The minimum Gasteiger partial charge on any atom is -0.477 e. The monoisotopic (exact) mass is 338 g/mol. The van der Waals surface area contributed by atoms with Crippen LogP contribution in [-0.4, -0.2) is 11.8 Å². The van der Waals surface area contributed by atoms with Crippen LogP contribution < -0.4 is 9.47 Å². The van der Waals surface area contributed by atoms with E-state index in [0.29, 0.717) is 17.1 Å². The molecule has 25 heavy (non-hydrogen) atoms. The van der Waals surface area contributed by atoms with Gasteiger partial charge in [-0.3, -0.25) is 9.59 Å². The lowest BCUT2D eigenvalue weighted by Crippen LogP contribution is -2.26. The maximum absolute atomic E-state index is 12.6. The summed E-state index contributed by atoms with van der Waals surface area (Å²) in [5, 5.41) is 0. The van der Waals surface area contributed by atoms with E-state index >= 15 is 0 Å². The lowest BCUT2D eigenvalue weighted by atomic mass is 9.86. The van der Waals surface area contributed by atoms with Crippen molar-refractivity contribution in [3.05, 3.63) is 59.2 Å². The third-order valence-electron chi connectivity index (χ3n) is 4.31. The second-order valence-electron chi connectivity index (χ2n) is 7.34. The highest BCUT2D eigenvalue weighted by Crippen LogP contribution is 2.38. The highest BCUT2D eigenvalue weighted by atomic mass is 16.5. The van der Waals surface area contributed by atoms with Gasteiger partial charge in [0.1, 0.15) is 11.5 Å². The summed E-state index contributed by atoms with van der Waals surface area (Å²) < 4.78 is 11.1. The van der Waals surface area contributed by atoms with Crippen molar-refractivity contribution >= 4 is 11.8 Å². The first-order valence-electron chi connectivity index (χ1n) is 8.36. The molecular weight excluding hydrogens is 316 g/mol. The van der Waals surface area contributed by atoms with Crippen molar-refractivity contribution in [1.82, 2.24) is 0 Å². The Morgan fingerprint density at radius 1 is 1.12 bits per heavy atom. The summed E-state index contributed by atoms with van der Waals surface area (Å²) in [6, 6.07) is 13.2. The van der Waals surface area contributed by atoms with Crippen LogP contribution in [0.3, 0.4) is 0 Å². The molecule has 0 radical (unpaired) electrons. The molecule has 0 saturated carbocycles. The van der Waals surface area contributed by atoms with Gasteiger partial charge in [0, 0.05) is 18.9 Å². The van der Waals surface area contributed by atoms with E-state index in [2.05, 4.69) is 20.8 Å². The Morgan fingerprint density at radius 3 is 2.40 bits per heavy atom. The van der Waals surface area contributed by atoms with Crippen LogP contribution in [0, 0.1) is 0 Å². The second-order valence-corrected chi connectivity index (χ2v) is 7.34. The molecule has 1 aliphatic rings. The van der Waals surface area contributed by atoms with Gasteiger partial charge in [-0.25, -0.2) is 0 Å². The number of hydrogen-bond donors (Lipinski definition) is 0. The van der Waals surface area contributed by atoms with Crippen LogP contribution in [0.4, 0.5) is 0 Å². The molecule has 1 heterocycles. The van der Waals surface area contributed by atoms with Crippen molar-refractivity contribution in [3.8, 4) is 11.5 Å². The van der Waals surface area contributed by atoms with Gasteiger partial charge in [0.25, 0.3) is 0 Å². The van der Waals surface area contributed by atoms with Crippen molar-refractivity contribution in [1.29, 1.82) is 0 Å². The largest absolute Gasteiger partial charge is 0.477 e. The molecule has 0 saturated heterocycles. The van der Waals surface area contributed by atoms with E-state index in [4.69, 9.17) is 9.47 Å². The van der Waals surface area contributed by atoms with Crippen LogP contribution in [0.1, 0.15) is 50.5 Å². The van der Waals surface area contributed by atoms with Crippen molar-refractivity contribution in [3.63, 3.8) is 0 Å². The summed E-state index contributed by atoms with van der Waals surface area (Å²) in [5.41, 5.74) is 2.73. The number of rotatable bonds is 2. The van der Waals surface area contributed by atoms with Crippen LogP contribution >= 0.6 is 0 Å². The van der Waals surface area contributed by atoms with Crippen LogP contribution in [-0.2, 0) is 21.4 Å². The fraction of sp³-hybridized carbons (Fsp3) is 0.333. The van der Waals surface area contributed by atoms with Gasteiger partial charge < -0.3 is 9.47 Å². The number of hydrogen-bond acceptors (Lipinski definition) is 4. The van der Waals surface area contributed by atoms with E-state index in [-0.39, 0.29) is 17.6 Å². The Bertz CT molecular complexity index is 813. The summed E-state index contributed by atoms with van der Waals surface area (Å²) in [6.07, 6.45) is -0.445. The van der Waals surface area contributed by atoms with E-state index in [0.717, 1.165) is 5.56 Å². The van der Waals surface area contributed by atoms with Crippen LogP contribution in [0.5, 0.6) is 11.5 Å². The highest BCUT2D eigenvalue weighted by molar-refractivity contribution is 5.89. The standard InChI is InChI=1S/C21H22O4/c1-13(22)24-18-6-5-7-19-16(18)12-17(23)20(25-19)14-8-10-15(11-9-14)21(2,3)4/h5-11,20H,12H2,1-4H3. The van der Waals surface area contributed by atoms with Gasteiger partial charge in [0.2, 0.25) is 0 Å². The number of ketones is 1. The third kappa shape index (κ3) is 3.58. The van der Waals surface area contributed by atoms with Crippen molar-refractivity contribution in [2.45, 2.75) is 45.6 Å². The van der Waals surface area contributed by atoms with Gasteiger partial charge in [-0.15, -0.1) is 0 Å². The van der Waals surface area contributed by atoms with Crippen LogP contribution in [0.25, 0.3) is 0 Å². The fourth-order valence-corrected chi connectivity index (χ4v) is 2.95. The molecule has 3 rings (SSSR count). The lowest BCUT2D eigenvalue weighted by molar-refractivity contribution is -0.132. The number of carbonyl (C=O) groups excluding carboxylic acids is 2. The predicted octanol–water partition coefficient (Wildman–Crippen LogP) is 4.15. The van der Waals surface area contributed by atoms with Gasteiger partial charge in [0.15, 0.2) is 11.9 Å². The molecule has 0 aromatic heterocycles. The van der Waals surface area contributed by atoms with Gasteiger partial charge in [0.05, 0.1) is 0 Å². The first-order valence-corrected chi connectivity index (χ1v) is 8.36. The van der Waals surface area contributed by atoms with Crippen LogP contribution in [0.2, 0.25) is 0 Å². The van der Waals surface area contributed by atoms with E-state index in [9.17, 15) is 9.59 Å². The van der Waals surface area contributed by atoms with E-state index in [1.807, 2.05) is 24.3 Å². The summed E-state index contributed by atoms with van der Waals surface area (Å²) >= 11 is 0. The number of Topliss-reactive ketones (excluding diaryl/α,β-unsaturated/α-hetero) is 1. The molecule has 4 nitrogen and oxygen atoms in total. The average Bonchev–Trinajstić information content (AvgIpc) is 2.54. The van der Waals surface area contributed by atoms with Gasteiger partial charge in [-0.1, -0.05) is 51.1 Å². The molecule has 1 unspecified atom stereocenters. The van der Waals surface area contributed by atoms with Crippen molar-refractivity contribution < 1.29 is 19.1 Å². The molecule has 2 aromatic carbocycles.